The minimum absolute atomic E-state index is 0.247. The van der Waals surface area contributed by atoms with Crippen molar-refractivity contribution in [1.29, 1.82) is 0 Å². The molecule has 0 saturated heterocycles. The minimum Gasteiger partial charge on any atom is -0.313 e. The van der Waals surface area contributed by atoms with Crippen LogP contribution in [0.1, 0.15) is 35.7 Å². The Morgan fingerprint density at radius 2 is 2.10 bits per heavy atom. The van der Waals surface area contributed by atoms with Crippen LogP contribution in [0.15, 0.2) is 24.5 Å². The molecule has 2 aromatic heterocycles. The number of halogens is 3. The number of nitrogens with one attached hydrogen (secondary N) is 1. The van der Waals surface area contributed by atoms with E-state index in [9.17, 15) is 13.2 Å². The van der Waals surface area contributed by atoms with Crippen molar-refractivity contribution in [3.63, 3.8) is 0 Å². The summed E-state index contributed by atoms with van der Waals surface area (Å²) >= 11 is 0. The molecule has 1 atom stereocenters. The maximum Gasteiger partial charge on any atom is 0.417 e. The van der Waals surface area contributed by atoms with Crippen molar-refractivity contribution in [2.24, 2.45) is 0 Å². The fraction of sp³-hybridized carbons (Fsp3) is 0.429. The molecule has 2 aromatic rings. The number of fused-ring (bicyclic) bond motifs is 1. The molecule has 112 valence electrons. The van der Waals surface area contributed by atoms with E-state index in [2.05, 4.69) is 15.4 Å². The molecule has 1 N–H and O–H groups in total. The lowest BCUT2D eigenvalue weighted by atomic mass is 9.93. The Bertz CT molecular complexity index is 631. The van der Waals surface area contributed by atoms with Crippen molar-refractivity contribution in [2.45, 2.75) is 31.5 Å². The van der Waals surface area contributed by atoms with Crippen LogP contribution in [0.2, 0.25) is 0 Å². The Kier molecular flexibility index (Phi) is 3.44. The lowest BCUT2D eigenvalue weighted by molar-refractivity contribution is -0.137. The predicted octanol–water partition coefficient (Wildman–Crippen LogP) is 2.88. The molecule has 0 aliphatic heterocycles. The van der Waals surface area contributed by atoms with Crippen LogP contribution in [0.3, 0.4) is 0 Å². The van der Waals surface area contributed by atoms with Crippen LogP contribution in [-0.2, 0) is 12.6 Å². The monoisotopic (exact) mass is 296 g/mol. The molecule has 1 aliphatic rings. The summed E-state index contributed by atoms with van der Waals surface area (Å²) in [5.74, 6) is 0.418. The van der Waals surface area contributed by atoms with Gasteiger partial charge in [0.05, 0.1) is 17.5 Å². The Balaban J connectivity index is 1.97. The highest BCUT2D eigenvalue weighted by molar-refractivity contribution is 5.33. The topological polar surface area (TPSA) is 42.7 Å². The highest BCUT2D eigenvalue weighted by Gasteiger charge is 2.31. The van der Waals surface area contributed by atoms with Crippen LogP contribution in [0, 0.1) is 0 Å². The highest BCUT2D eigenvalue weighted by Crippen LogP contribution is 2.31. The molecule has 2 heterocycles. The van der Waals surface area contributed by atoms with Gasteiger partial charge in [0.2, 0.25) is 0 Å². The summed E-state index contributed by atoms with van der Waals surface area (Å²) in [5.41, 5.74) is 1.37. The Morgan fingerprint density at radius 3 is 2.71 bits per heavy atom. The third-order valence-corrected chi connectivity index (χ3v) is 3.82. The van der Waals surface area contributed by atoms with Gasteiger partial charge < -0.3 is 5.32 Å². The summed E-state index contributed by atoms with van der Waals surface area (Å²) < 4.78 is 39.3. The third kappa shape index (κ3) is 2.53. The molecule has 0 spiro atoms. The molecule has 0 bridgehead atoms. The zero-order chi connectivity index (χ0) is 15.0. The van der Waals surface area contributed by atoms with Crippen molar-refractivity contribution >= 4 is 0 Å². The van der Waals surface area contributed by atoms with Gasteiger partial charge in [-0.15, -0.1) is 0 Å². The molecule has 0 radical (unpaired) electrons. The first-order chi connectivity index (χ1) is 10.0. The second-order valence-corrected chi connectivity index (χ2v) is 5.09. The van der Waals surface area contributed by atoms with Gasteiger partial charge in [-0.05, 0) is 38.4 Å². The molecule has 1 aliphatic carbocycles. The van der Waals surface area contributed by atoms with E-state index in [4.69, 9.17) is 0 Å². The second kappa shape index (κ2) is 5.14. The molecule has 7 heteroatoms. The van der Waals surface area contributed by atoms with E-state index < -0.39 is 11.7 Å². The second-order valence-electron chi connectivity index (χ2n) is 5.09. The molecule has 1 unspecified atom stereocenters. The summed E-state index contributed by atoms with van der Waals surface area (Å²) in [6.07, 6.45) is 1.17. The minimum atomic E-state index is -4.37. The van der Waals surface area contributed by atoms with Crippen molar-refractivity contribution in [3.8, 4) is 5.82 Å². The zero-order valence-electron chi connectivity index (χ0n) is 11.5. The molecule has 3 rings (SSSR count). The standard InChI is InChI=1S/C14H15F3N4/c1-18-11-3-2-4-12-10(11)8-20-21(12)13-6-5-9(7-19-13)14(15,16)17/h5-8,11,18H,2-4H2,1H3. The van der Waals surface area contributed by atoms with Crippen LogP contribution in [-0.4, -0.2) is 21.8 Å². The van der Waals surface area contributed by atoms with E-state index in [1.165, 1.54) is 6.07 Å². The van der Waals surface area contributed by atoms with Crippen LogP contribution < -0.4 is 5.32 Å². The predicted molar refractivity (Wildman–Crippen MR) is 71.1 cm³/mol. The Hall–Kier alpha value is -1.89. The van der Waals surface area contributed by atoms with Gasteiger partial charge in [0.25, 0.3) is 0 Å². The number of hydrogen-bond acceptors (Lipinski definition) is 3. The van der Waals surface area contributed by atoms with Crippen LogP contribution >= 0.6 is 0 Å². The Labute approximate surface area is 120 Å². The number of alkyl halides is 3. The zero-order valence-corrected chi connectivity index (χ0v) is 11.5. The van der Waals surface area contributed by atoms with E-state index in [0.717, 1.165) is 42.8 Å². The van der Waals surface area contributed by atoms with Gasteiger partial charge in [-0.25, -0.2) is 9.67 Å². The van der Waals surface area contributed by atoms with E-state index in [0.29, 0.717) is 5.82 Å². The summed E-state index contributed by atoms with van der Waals surface area (Å²) in [6.45, 7) is 0. The highest BCUT2D eigenvalue weighted by atomic mass is 19.4. The fourth-order valence-electron chi connectivity index (χ4n) is 2.73. The van der Waals surface area contributed by atoms with Crippen LogP contribution in [0.25, 0.3) is 5.82 Å². The molecular weight excluding hydrogens is 281 g/mol. The van der Waals surface area contributed by atoms with Gasteiger partial charge in [0.15, 0.2) is 5.82 Å². The maximum atomic E-state index is 12.6. The summed E-state index contributed by atoms with van der Waals surface area (Å²) in [4.78, 5) is 3.91. The van der Waals surface area contributed by atoms with Crippen LogP contribution in [0.4, 0.5) is 13.2 Å². The average Bonchev–Trinajstić information content (AvgIpc) is 2.90. The summed E-state index contributed by atoms with van der Waals surface area (Å²) in [7, 11) is 1.90. The number of hydrogen-bond donors (Lipinski definition) is 1. The summed E-state index contributed by atoms with van der Waals surface area (Å²) in [5, 5.41) is 7.52. The van der Waals surface area contributed by atoms with E-state index in [-0.39, 0.29) is 6.04 Å². The van der Waals surface area contributed by atoms with E-state index >= 15 is 0 Å². The average molecular weight is 296 g/mol. The molecule has 0 fully saturated rings. The SMILES string of the molecule is CNC1CCCc2c1cnn2-c1ccc(C(F)(F)F)cn1. The first-order valence-electron chi connectivity index (χ1n) is 6.78. The van der Waals surface area contributed by atoms with Crippen molar-refractivity contribution < 1.29 is 13.2 Å². The third-order valence-electron chi connectivity index (χ3n) is 3.82. The van der Waals surface area contributed by atoms with Crippen LogP contribution in [0.5, 0.6) is 0 Å². The number of rotatable bonds is 2. The fourth-order valence-corrected chi connectivity index (χ4v) is 2.73. The molecular formula is C14H15F3N4. The van der Waals surface area contributed by atoms with Crippen molar-refractivity contribution in [1.82, 2.24) is 20.1 Å². The van der Waals surface area contributed by atoms with E-state index in [1.807, 2.05) is 7.05 Å². The van der Waals surface area contributed by atoms with E-state index in [1.54, 1.807) is 10.9 Å². The lowest BCUT2D eigenvalue weighted by Gasteiger charge is -2.22. The molecule has 4 nitrogen and oxygen atoms in total. The Morgan fingerprint density at radius 1 is 1.29 bits per heavy atom. The first kappa shape index (κ1) is 14.1. The van der Waals surface area contributed by atoms with Gasteiger partial charge >= 0.3 is 6.18 Å². The van der Waals surface area contributed by atoms with Gasteiger partial charge in [-0.3, -0.25) is 0 Å². The largest absolute Gasteiger partial charge is 0.417 e. The lowest BCUT2D eigenvalue weighted by Crippen LogP contribution is -2.22. The number of nitrogens with zero attached hydrogens (tertiary/aromatic N) is 3. The summed E-state index contributed by atoms with van der Waals surface area (Å²) in [6, 6.07) is 2.64. The number of aromatic nitrogens is 3. The van der Waals surface area contributed by atoms with Gasteiger partial charge in [-0.2, -0.15) is 18.3 Å². The normalized spacial score (nSPS) is 18.6. The molecule has 0 saturated carbocycles. The maximum absolute atomic E-state index is 12.6. The van der Waals surface area contributed by atoms with Gasteiger partial charge in [0, 0.05) is 17.8 Å². The van der Waals surface area contributed by atoms with Gasteiger partial charge in [0.1, 0.15) is 0 Å². The molecule has 21 heavy (non-hydrogen) atoms. The smallest absolute Gasteiger partial charge is 0.313 e. The van der Waals surface area contributed by atoms with Gasteiger partial charge in [-0.1, -0.05) is 0 Å². The van der Waals surface area contributed by atoms with Crippen molar-refractivity contribution in [2.75, 3.05) is 7.05 Å². The quantitative estimate of drug-likeness (QED) is 0.926. The van der Waals surface area contributed by atoms with Crippen molar-refractivity contribution in [3.05, 3.63) is 41.3 Å². The first-order valence-corrected chi connectivity index (χ1v) is 6.78. The number of pyridine rings is 1. The molecule has 0 aromatic carbocycles. The molecule has 0 amide bonds.